The molecule has 0 spiro atoms. The summed E-state index contributed by atoms with van der Waals surface area (Å²) in [5, 5.41) is 7.19. The highest BCUT2D eigenvalue weighted by Crippen LogP contribution is 2.16. The first-order valence-electron chi connectivity index (χ1n) is 8.83. The Balaban J connectivity index is 1.59. The van der Waals surface area contributed by atoms with Gasteiger partial charge in [0.25, 0.3) is 0 Å². The van der Waals surface area contributed by atoms with Crippen molar-refractivity contribution in [3.05, 3.63) is 48.4 Å². The highest BCUT2D eigenvalue weighted by molar-refractivity contribution is 7.80. The van der Waals surface area contributed by atoms with E-state index in [1.165, 1.54) is 32.4 Å². The predicted octanol–water partition coefficient (Wildman–Crippen LogP) is 2.38. The standard InChI is InChI=1S/C19H25N3O2S/c1-23-16-8-5-7-15(13-16)21-19(25)20-14-17(18-9-6-12-24-18)22-10-3-2-4-11-22/h5-9,12-13,17H,2-4,10-11,14H2,1H3,(H2,20,21,25)/p+1/t17-/m1/s1. The normalized spacial score (nSPS) is 16.2. The van der Waals surface area contributed by atoms with Crippen LogP contribution in [0, 0.1) is 0 Å². The fourth-order valence-corrected chi connectivity index (χ4v) is 3.56. The molecule has 1 aliphatic rings. The average Bonchev–Trinajstić information content (AvgIpc) is 3.17. The monoisotopic (exact) mass is 360 g/mol. The minimum Gasteiger partial charge on any atom is -0.497 e. The van der Waals surface area contributed by atoms with E-state index in [0.717, 1.165) is 23.7 Å². The van der Waals surface area contributed by atoms with E-state index in [1.54, 1.807) is 18.3 Å². The summed E-state index contributed by atoms with van der Waals surface area (Å²) in [7, 11) is 1.66. The molecule has 1 aliphatic heterocycles. The molecule has 134 valence electrons. The van der Waals surface area contributed by atoms with E-state index in [9.17, 15) is 0 Å². The number of ether oxygens (including phenoxy) is 1. The maximum atomic E-state index is 5.69. The number of nitrogens with one attached hydrogen (secondary N) is 3. The molecule has 1 aromatic carbocycles. The summed E-state index contributed by atoms with van der Waals surface area (Å²) >= 11 is 5.46. The van der Waals surface area contributed by atoms with Crippen LogP contribution in [0.3, 0.4) is 0 Å². The molecule has 0 amide bonds. The lowest BCUT2D eigenvalue weighted by atomic mass is 10.1. The Labute approximate surface area is 154 Å². The van der Waals surface area contributed by atoms with Crippen LogP contribution in [0.4, 0.5) is 5.69 Å². The maximum absolute atomic E-state index is 5.69. The van der Waals surface area contributed by atoms with Crippen molar-refractivity contribution in [2.75, 3.05) is 32.1 Å². The molecule has 2 heterocycles. The lowest BCUT2D eigenvalue weighted by Gasteiger charge is -2.30. The van der Waals surface area contributed by atoms with Crippen molar-refractivity contribution < 1.29 is 14.1 Å². The van der Waals surface area contributed by atoms with Crippen LogP contribution in [-0.4, -0.2) is 31.9 Å². The van der Waals surface area contributed by atoms with Gasteiger partial charge in [-0.05, 0) is 55.7 Å². The smallest absolute Gasteiger partial charge is 0.171 e. The lowest BCUT2D eigenvalue weighted by Crippen LogP contribution is -3.13. The van der Waals surface area contributed by atoms with Gasteiger partial charge in [0.15, 0.2) is 16.9 Å². The second-order valence-electron chi connectivity index (χ2n) is 6.35. The molecule has 0 radical (unpaired) electrons. The number of furan rings is 1. The quantitative estimate of drug-likeness (QED) is 0.691. The Bertz CT molecular complexity index is 669. The molecule has 0 aliphatic carbocycles. The molecule has 3 N–H and O–H groups in total. The molecule has 6 heteroatoms. The molecule has 2 aromatic rings. The van der Waals surface area contributed by atoms with Crippen molar-refractivity contribution in [3.8, 4) is 5.75 Å². The Morgan fingerprint density at radius 1 is 1.24 bits per heavy atom. The van der Waals surface area contributed by atoms with Gasteiger partial charge in [0.05, 0.1) is 33.0 Å². The van der Waals surface area contributed by atoms with Gasteiger partial charge in [-0.15, -0.1) is 0 Å². The van der Waals surface area contributed by atoms with Gasteiger partial charge in [0.1, 0.15) is 5.75 Å². The minimum absolute atomic E-state index is 0.278. The first-order chi connectivity index (χ1) is 12.3. The molecule has 5 nitrogen and oxygen atoms in total. The number of methoxy groups -OCH3 is 1. The largest absolute Gasteiger partial charge is 0.497 e. The lowest BCUT2D eigenvalue weighted by molar-refractivity contribution is -0.936. The second kappa shape index (κ2) is 8.87. The van der Waals surface area contributed by atoms with E-state index in [-0.39, 0.29) is 6.04 Å². The van der Waals surface area contributed by atoms with Crippen LogP contribution in [0.2, 0.25) is 0 Å². The SMILES string of the molecule is COc1cccc(NC(=S)NC[C@H](c2ccco2)[NH+]2CCCCC2)c1. The van der Waals surface area contributed by atoms with Crippen LogP contribution in [0.25, 0.3) is 0 Å². The summed E-state index contributed by atoms with van der Waals surface area (Å²) in [6, 6.07) is 12.0. The van der Waals surface area contributed by atoms with Crippen molar-refractivity contribution in [2.24, 2.45) is 0 Å². The number of benzene rings is 1. The molecule has 1 fully saturated rings. The van der Waals surface area contributed by atoms with E-state index in [4.69, 9.17) is 21.4 Å². The molecule has 1 saturated heterocycles. The molecule has 1 atom stereocenters. The molecule has 0 unspecified atom stereocenters. The number of piperidine rings is 1. The van der Waals surface area contributed by atoms with Crippen LogP contribution in [-0.2, 0) is 0 Å². The summed E-state index contributed by atoms with van der Waals surface area (Å²) < 4.78 is 10.9. The third-order valence-corrected chi connectivity index (χ3v) is 4.92. The molecule has 0 saturated carbocycles. The highest BCUT2D eigenvalue weighted by atomic mass is 32.1. The van der Waals surface area contributed by atoms with E-state index >= 15 is 0 Å². The zero-order chi connectivity index (χ0) is 17.5. The van der Waals surface area contributed by atoms with Crippen LogP contribution >= 0.6 is 12.2 Å². The van der Waals surface area contributed by atoms with Crippen molar-refractivity contribution in [2.45, 2.75) is 25.3 Å². The fraction of sp³-hybridized carbons (Fsp3) is 0.421. The van der Waals surface area contributed by atoms with Crippen LogP contribution in [0.1, 0.15) is 31.1 Å². The summed E-state index contributed by atoms with van der Waals surface area (Å²) in [6.07, 6.45) is 5.63. The van der Waals surface area contributed by atoms with Gasteiger partial charge in [0.2, 0.25) is 0 Å². The van der Waals surface area contributed by atoms with E-state index in [1.807, 2.05) is 30.3 Å². The number of quaternary nitrogens is 1. The van der Waals surface area contributed by atoms with Gasteiger partial charge < -0.3 is 24.7 Å². The molecular weight excluding hydrogens is 334 g/mol. The van der Waals surface area contributed by atoms with E-state index in [2.05, 4.69) is 16.7 Å². The first-order valence-corrected chi connectivity index (χ1v) is 9.24. The summed E-state index contributed by atoms with van der Waals surface area (Å²) in [5.74, 6) is 1.83. The molecular formula is C19H26N3O2S+. The van der Waals surface area contributed by atoms with Gasteiger partial charge in [-0.25, -0.2) is 0 Å². The first kappa shape index (κ1) is 17.8. The van der Waals surface area contributed by atoms with Crippen LogP contribution in [0.5, 0.6) is 5.75 Å². The van der Waals surface area contributed by atoms with Gasteiger partial charge in [-0.1, -0.05) is 6.07 Å². The highest BCUT2D eigenvalue weighted by Gasteiger charge is 2.28. The van der Waals surface area contributed by atoms with Crippen molar-refractivity contribution in [1.29, 1.82) is 0 Å². The Morgan fingerprint density at radius 2 is 2.08 bits per heavy atom. The molecule has 1 aromatic heterocycles. The summed E-state index contributed by atoms with van der Waals surface area (Å²) in [5.41, 5.74) is 0.914. The van der Waals surface area contributed by atoms with Crippen molar-refractivity contribution in [3.63, 3.8) is 0 Å². The second-order valence-corrected chi connectivity index (χ2v) is 6.76. The molecule has 3 rings (SSSR count). The average molecular weight is 361 g/mol. The third kappa shape index (κ3) is 4.96. The zero-order valence-corrected chi connectivity index (χ0v) is 15.4. The molecule has 25 heavy (non-hydrogen) atoms. The number of rotatable bonds is 6. The van der Waals surface area contributed by atoms with E-state index < -0.39 is 0 Å². The van der Waals surface area contributed by atoms with Gasteiger partial charge in [0, 0.05) is 11.8 Å². The fourth-order valence-electron chi connectivity index (χ4n) is 3.36. The van der Waals surface area contributed by atoms with Crippen LogP contribution < -0.4 is 20.3 Å². The van der Waals surface area contributed by atoms with Gasteiger partial charge >= 0.3 is 0 Å². The Kier molecular flexibility index (Phi) is 6.30. The summed E-state index contributed by atoms with van der Waals surface area (Å²) in [6.45, 7) is 3.12. The number of hydrogen-bond donors (Lipinski definition) is 3. The van der Waals surface area contributed by atoms with Crippen molar-refractivity contribution in [1.82, 2.24) is 5.32 Å². The number of anilines is 1. The van der Waals surface area contributed by atoms with Crippen molar-refractivity contribution >= 4 is 23.0 Å². The maximum Gasteiger partial charge on any atom is 0.171 e. The Hall–Kier alpha value is -2.05. The van der Waals surface area contributed by atoms with E-state index in [0.29, 0.717) is 5.11 Å². The predicted molar refractivity (Wildman–Crippen MR) is 103 cm³/mol. The van der Waals surface area contributed by atoms with Crippen LogP contribution in [0.15, 0.2) is 47.1 Å². The topological polar surface area (TPSA) is 50.9 Å². The Morgan fingerprint density at radius 3 is 2.80 bits per heavy atom. The number of hydrogen-bond acceptors (Lipinski definition) is 3. The third-order valence-electron chi connectivity index (χ3n) is 4.67. The zero-order valence-electron chi connectivity index (χ0n) is 14.6. The van der Waals surface area contributed by atoms with Gasteiger partial charge in [-0.3, -0.25) is 0 Å². The minimum atomic E-state index is 0.278. The number of thiocarbonyl (C=S) groups is 1. The van der Waals surface area contributed by atoms with Gasteiger partial charge in [-0.2, -0.15) is 0 Å². The number of likely N-dealkylation sites (tertiary alicyclic amines) is 1. The molecule has 0 bridgehead atoms. The summed E-state index contributed by atoms with van der Waals surface area (Å²) in [4.78, 5) is 1.57.